The van der Waals surface area contributed by atoms with Gasteiger partial charge in [0.2, 0.25) is 0 Å². The number of phenolic OH excluding ortho intramolecular Hbond substituents is 1. The van der Waals surface area contributed by atoms with Gasteiger partial charge >= 0.3 is 0 Å². The summed E-state index contributed by atoms with van der Waals surface area (Å²) < 4.78 is 18.6. The summed E-state index contributed by atoms with van der Waals surface area (Å²) in [6.07, 6.45) is 0. The second-order valence-electron chi connectivity index (χ2n) is 5.09. The maximum Gasteiger partial charge on any atom is 0.191 e. The Bertz CT molecular complexity index is 504. The van der Waals surface area contributed by atoms with Crippen LogP contribution < -0.4 is 10.6 Å². The summed E-state index contributed by atoms with van der Waals surface area (Å²) in [6, 6.07) is 4.33. The van der Waals surface area contributed by atoms with Gasteiger partial charge in [0.15, 0.2) is 17.5 Å². The fraction of sp³-hybridized carbons (Fsp3) is 0.533. The molecule has 22 heavy (non-hydrogen) atoms. The number of rotatable bonds is 5. The predicted molar refractivity (Wildman–Crippen MR) is 83.5 cm³/mol. The summed E-state index contributed by atoms with van der Waals surface area (Å²) in [5.41, 5.74) is 0.742. The van der Waals surface area contributed by atoms with E-state index in [0.717, 1.165) is 45.0 Å². The molecule has 1 aromatic rings. The maximum absolute atomic E-state index is 13.3. The molecule has 7 heteroatoms. The van der Waals surface area contributed by atoms with E-state index in [9.17, 15) is 4.39 Å². The van der Waals surface area contributed by atoms with Gasteiger partial charge < -0.3 is 20.5 Å². The van der Waals surface area contributed by atoms with Gasteiger partial charge in [-0.2, -0.15) is 0 Å². The molecule has 3 N–H and O–H groups in total. The first-order valence-corrected chi connectivity index (χ1v) is 7.41. The molecule has 0 unspecified atom stereocenters. The molecular weight excluding hydrogens is 287 g/mol. The van der Waals surface area contributed by atoms with E-state index in [-0.39, 0.29) is 5.75 Å². The Hall–Kier alpha value is -1.86. The Morgan fingerprint density at radius 2 is 2.14 bits per heavy atom. The first kappa shape index (κ1) is 16.5. The Kier molecular flexibility index (Phi) is 6.42. The number of nitrogens with one attached hydrogen (secondary N) is 2. The molecule has 6 nitrogen and oxygen atoms in total. The van der Waals surface area contributed by atoms with E-state index in [1.165, 1.54) is 12.1 Å². The van der Waals surface area contributed by atoms with Crippen molar-refractivity contribution in [2.75, 3.05) is 46.4 Å². The Morgan fingerprint density at radius 1 is 1.36 bits per heavy atom. The molecule has 1 aliphatic heterocycles. The highest BCUT2D eigenvalue weighted by Gasteiger charge is 2.09. The van der Waals surface area contributed by atoms with Gasteiger partial charge in [-0.1, -0.05) is 6.07 Å². The summed E-state index contributed by atoms with van der Waals surface area (Å²) in [5.74, 6) is -0.284. The van der Waals surface area contributed by atoms with Crippen molar-refractivity contribution >= 4 is 5.96 Å². The lowest BCUT2D eigenvalue weighted by Crippen LogP contribution is -2.44. The SMILES string of the molecule is CN=C(NCCN1CCOCC1)NCc1ccc(O)c(F)c1. The molecule has 1 fully saturated rings. The van der Waals surface area contributed by atoms with E-state index in [4.69, 9.17) is 9.84 Å². The Labute approximate surface area is 130 Å². The van der Waals surface area contributed by atoms with Crippen molar-refractivity contribution < 1.29 is 14.2 Å². The number of benzene rings is 1. The number of ether oxygens (including phenoxy) is 1. The first-order chi connectivity index (χ1) is 10.7. The number of aliphatic imine (C=N–C) groups is 1. The van der Waals surface area contributed by atoms with E-state index in [1.54, 1.807) is 13.1 Å². The molecule has 1 aromatic carbocycles. The van der Waals surface area contributed by atoms with Crippen molar-refractivity contribution in [3.63, 3.8) is 0 Å². The number of nitrogens with zero attached hydrogens (tertiary/aromatic N) is 2. The van der Waals surface area contributed by atoms with Crippen LogP contribution in [-0.4, -0.2) is 62.4 Å². The average molecular weight is 310 g/mol. The van der Waals surface area contributed by atoms with E-state index < -0.39 is 5.82 Å². The molecular formula is C15H23FN4O2. The topological polar surface area (TPSA) is 69.1 Å². The summed E-state index contributed by atoms with van der Waals surface area (Å²) in [4.78, 5) is 6.47. The highest BCUT2D eigenvalue weighted by Crippen LogP contribution is 2.15. The van der Waals surface area contributed by atoms with Crippen LogP contribution in [0.25, 0.3) is 0 Å². The molecule has 0 amide bonds. The van der Waals surface area contributed by atoms with Crippen molar-refractivity contribution in [1.29, 1.82) is 0 Å². The smallest absolute Gasteiger partial charge is 0.191 e. The minimum Gasteiger partial charge on any atom is -0.505 e. The minimum atomic E-state index is -0.616. The third kappa shape index (κ3) is 5.16. The minimum absolute atomic E-state index is 0.336. The predicted octanol–water partition coefficient (Wildman–Crippen LogP) is 0.529. The van der Waals surface area contributed by atoms with Crippen molar-refractivity contribution in [2.45, 2.75) is 6.54 Å². The molecule has 1 saturated heterocycles. The standard InChI is InChI=1S/C15H23FN4O2/c1-17-15(18-4-5-20-6-8-22-9-7-20)19-11-12-2-3-14(21)13(16)10-12/h2-3,10,21H,4-9,11H2,1H3,(H2,17,18,19). The van der Waals surface area contributed by atoms with E-state index in [1.807, 2.05) is 0 Å². The summed E-state index contributed by atoms with van der Waals surface area (Å²) in [5, 5.41) is 15.5. The number of halogens is 1. The summed E-state index contributed by atoms with van der Waals surface area (Å²) >= 11 is 0. The summed E-state index contributed by atoms with van der Waals surface area (Å²) in [6.45, 7) is 5.65. The monoisotopic (exact) mass is 310 g/mol. The van der Waals surface area contributed by atoms with Crippen molar-refractivity contribution in [3.05, 3.63) is 29.6 Å². The number of guanidine groups is 1. The quantitative estimate of drug-likeness (QED) is 0.547. The van der Waals surface area contributed by atoms with Gasteiger partial charge in [0, 0.05) is 39.8 Å². The second kappa shape index (κ2) is 8.55. The van der Waals surface area contributed by atoms with Crippen LogP contribution in [0.3, 0.4) is 0 Å². The number of hydrogen-bond donors (Lipinski definition) is 3. The first-order valence-electron chi connectivity index (χ1n) is 7.41. The zero-order valence-corrected chi connectivity index (χ0v) is 12.8. The van der Waals surface area contributed by atoms with Crippen molar-refractivity contribution in [1.82, 2.24) is 15.5 Å². The van der Waals surface area contributed by atoms with Gasteiger partial charge in [0.1, 0.15) is 0 Å². The average Bonchev–Trinajstić information content (AvgIpc) is 2.55. The number of phenols is 1. The molecule has 1 heterocycles. The molecule has 122 valence electrons. The van der Waals surface area contributed by atoms with Crippen LogP contribution in [-0.2, 0) is 11.3 Å². The van der Waals surface area contributed by atoms with Crippen LogP contribution in [0.15, 0.2) is 23.2 Å². The van der Waals surface area contributed by atoms with Gasteiger partial charge in [0.25, 0.3) is 0 Å². The van der Waals surface area contributed by atoms with E-state index in [0.29, 0.717) is 12.5 Å². The molecule has 0 radical (unpaired) electrons. The number of hydrogen-bond acceptors (Lipinski definition) is 4. The highest BCUT2D eigenvalue weighted by molar-refractivity contribution is 5.79. The van der Waals surface area contributed by atoms with E-state index in [2.05, 4.69) is 20.5 Å². The van der Waals surface area contributed by atoms with Crippen LogP contribution >= 0.6 is 0 Å². The van der Waals surface area contributed by atoms with E-state index >= 15 is 0 Å². The third-order valence-corrected chi connectivity index (χ3v) is 3.52. The molecule has 0 bridgehead atoms. The van der Waals surface area contributed by atoms with Crippen LogP contribution in [0, 0.1) is 5.82 Å². The molecule has 2 rings (SSSR count). The largest absolute Gasteiger partial charge is 0.505 e. The van der Waals surface area contributed by atoms with Crippen LogP contribution in [0.1, 0.15) is 5.56 Å². The zero-order chi connectivity index (χ0) is 15.8. The van der Waals surface area contributed by atoms with Crippen LogP contribution in [0.2, 0.25) is 0 Å². The lowest BCUT2D eigenvalue weighted by atomic mass is 10.2. The van der Waals surface area contributed by atoms with Gasteiger partial charge in [-0.15, -0.1) is 0 Å². The molecule has 1 aliphatic rings. The molecule has 0 saturated carbocycles. The van der Waals surface area contributed by atoms with Gasteiger partial charge in [-0.05, 0) is 17.7 Å². The normalized spacial score (nSPS) is 16.5. The zero-order valence-electron chi connectivity index (χ0n) is 12.8. The molecule has 0 spiro atoms. The molecule has 0 aromatic heterocycles. The highest BCUT2D eigenvalue weighted by atomic mass is 19.1. The van der Waals surface area contributed by atoms with Gasteiger partial charge in [0.05, 0.1) is 13.2 Å². The third-order valence-electron chi connectivity index (χ3n) is 3.52. The van der Waals surface area contributed by atoms with Crippen LogP contribution in [0.4, 0.5) is 4.39 Å². The Balaban J connectivity index is 1.71. The Morgan fingerprint density at radius 3 is 2.82 bits per heavy atom. The molecule has 0 aliphatic carbocycles. The number of aromatic hydroxyl groups is 1. The summed E-state index contributed by atoms with van der Waals surface area (Å²) in [7, 11) is 1.70. The maximum atomic E-state index is 13.3. The van der Waals surface area contributed by atoms with Crippen molar-refractivity contribution in [3.8, 4) is 5.75 Å². The van der Waals surface area contributed by atoms with Crippen LogP contribution in [0.5, 0.6) is 5.75 Å². The lowest BCUT2D eigenvalue weighted by Gasteiger charge is -2.26. The number of morpholine rings is 1. The second-order valence-corrected chi connectivity index (χ2v) is 5.09. The van der Waals surface area contributed by atoms with Gasteiger partial charge in [-0.25, -0.2) is 4.39 Å². The lowest BCUT2D eigenvalue weighted by molar-refractivity contribution is 0.0389. The van der Waals surface area contributed by atoms with Gasteiger partial charge in [-0.3, -0.25) is 9.89 Å². The fourth-order valence-corrected chi connectivity index (χ4v) is 2.22. The molecule has 0 atom stereocenters. The fourth-order valence-electron chi connectivity index (χ4n) is 2.22. The van der Waals surface area contributed by atoms with Crippen molar-refractivity contribution in [2.24, 2.45) is 4.99 Å².